The monoisotopic (exact) mass is 329 g/mol. The quantitative estimate of drug-likeness (QED) is 0.422. The molecule has 1 heterocycles. The molecular formula is C17H29O6+. The molecule has 6 heteroatoms. The lowest BCUT2D eigenvalue weighted by Gasteiger charge is -2.30. The summed E-state index contributed by atoms with van der Waals surface area (Å²) < 4.78 is 22.3. The lowest BCUT2D eigenvalue weighted by molar-refractivity contribution is -0.183. The average Bonchev–Trinajstić information content (AvgIpc) is 2.53. The third-order valence-corrected chi connectivity index (χ3v) is 3.62. The van der Waals surface area contributed by atoms with Crippen molar-refractivity contribution in [3.63, 3.8) is 0 Å². The Balaban J connectivity index is 2.88. The van der Waals surface area contributed by atoms with Crippen LogP contribution in [-0.4, -0.2) is 50.1 Å². The molecular weight excluding hydrogens is 300 g/mol. The molecule has 1 fully saturated rings. The number of hydrogen-bond acceptors (Lipinski definition) is 6. The molecule has 132 valence electrons. The Kier molecular flexibility index (Phi) is 8.41. The van der Waals surface area contributed by atoms with Crippen molar-refractivity contribution in [3.05, 3.63) is 6.92 Å². The predicted octanol–water partition coefficient (Wildman–Crippen LogP) is 2.15. The van der Waals surface area contributed by atoms with Crippen LogP contribution in [0.2, 0.25) is 0 Å². The molecule has 0 aromatic carbocycles. The number of unbranched alkanes of at least 4 members (excludes halogenated alkanes) is 1. The van der Waals surface area contributed by atoms with Gasteiger partial charge in [0.05, 0.1) is 19.4 Å². The van der Waals surface area contributed by atoms with Crippen LogP contribution in [0.4, 0.5) is 0 Å². The van der Waals surface area contributed by atoms with Gasteiger partial charge in [-0.05, 0) is 13.3 Å². The summed E-state index contributed by atoms with van der Waals surface area (Å²) in [5.41, 5.74) is 0. The molecule has 4 atom stereocenters. The lowest BCUT2D eigenvalue weighted by Crippen LogP contribution is -2.45. The number of esters is 2. The number of carbonyl (C=O) groups is 2. The van der Waals surface area contributed by atoms with Gasteiger partial charge in [0.1, 0.15) is 18.8 Å². The number of carbonyl (C=O) groups excluding carboxylic acids is 2. The van der Waals surface area contributed by atoms with Crippen LogP contribution in [0.3, 0.4) is 0 Å². The second kappa shape index (κ2) is 9.78. The lowest BCUT2D eigenvalue weighted by atomic mass is 10.1. The molecule has 1 aliphatic rings. The molecule has 6 nitrogen and oxygen atoms in total. The molecule has 23 heavy (non-hydrogen) atoms. The van der Waals surface area contributed by atoms with Gasteiger partial charge in [0.15, 0.2) is 6.10 Å². The molecule has 0 aromatic rings. The highest BCUT2D eigenvalue weighted by Crippen LogP contribution is 2.19. The van der Waals surface area contributed by atoms with E-state index in [9.17, 15) is 9.59 Å². The van der Waals surface area contributed by atoms with E-state index in [1.54, 1.807) is 20.8 Å². The van der Waals surface area contributed by atoms with Gasteiger partial charge in [-0.15, -0.1) is 0 Å². The van der Waals surface area contributed by atoms with Gasteiger partial charge in [0.2, 0.25) is 5.92 Å². The Labute approximate surface area is 138 Å². The van der Waals surface area contributed by atoms with E-state index in [0.717, 1.165) is 12.8 Å². The van der Waals surface area contributed by atoms with Crippen molar-refractivity contribution in [2.45, 2.75) is 58.8 Å². The minimum atomic E-state index is -0.698. The SMILES string of the molecule is [CH2+][C@H]1COC[C@H](OCCCC)[C@@H](OC(=O)C(C)C)[C@H](C)OC1=O. The smallest absolute Gasteiger partial charge is 0.357 e. The molecule has 1 rings (SSSR count). The Morgan fingerprint density at radius 1 is 1.39 bits per heavy atom. The van der Waals surface area contributed by atoms with Gasteiger partial charge in [-0.3, -0.25) is 4.79 Å². The zero-order valence-electron chi connectivity index (χ0n) is 14.6. The van der Waals surface area contributed by atoms with Crippen molar-refractivity contribution in [1.29, 1.82) is 0 Å². The van der Waals surface area contributed by atoms with E-state index in [-0.39, 0.29) is 25.1 Å². The first-order chi connectivity index (χ1) is 10.9. The first kappa shape index (κ1) is 19.8. The first-order valence-corrected chi connectivity index (χ1v) is 8.30. The third-order valence-electron chi connectivity index (χ3n) is 3.62. The van der Waals surface area contributed by atoms with Gasteiger partial charge in [-0.25, -0.2) is 4.79 Å². The van der Waals surface area contributed by atoms with E-state index in [2.05, 4.69) is 13.8 Å². The zero-order valence-corrected chi connectivity index (χ0v) is 14.6. The van der Waals surface area contributed by atoms with Gasteiger partial charge in [0, 0.05) is 6.61 Å². The van der Waals surface area contributed by atoms with Gasteiger partial charge < -0.3 is 18.9 Å². The van der Waals surface area contributed by atoms with E-state index >= 15 is 0 Å². The Morgan fingerprint density at radius 3 is 2.70 bits per heavy atom. The fourth-order valence-corrected chi connectivity index (χ4v) is 2.10. The molecule has 0 unspecified atom stereocenters. The molecule has 0 spiro atoms. The fourth-order valence-electron chi connectivity index (χ4n) is 2.10. The minimum Gasteiger partial charge on any atom is -0.455 e. The van der Waals surface area contributed by atoms with Crippen molar-refractivity contribution in [2.75, 3.05) is 19.8 Å². The van der Waals surface area contributed by atoms with Crippen LogP contribution in [0.1, 0.15) is 40.5 Å². The van der Waals surface area contributed by atoms with Crippen molar-refractivity contribution >= 4 is 11.9 Å². The summed E-state index contributed by atoms with van der Waals surface area (Å²) in [6, 6.07) is 0. The summed E-state index contributed by atoms with van der Waals surface area (Å²) in [6.07, 6.45) is 0.0966. The molecule has 0 aromatic heterocycles. The first-order valence-electron chi connectivity index (χ1n) is 8.30. The summed E-state index contributed by atoms with van der Waals surface area (Å²) in [5.74, 6) is -1.69. The van der Waals surface area contributed by atoms with Crippen LogP contribution in [0.15, 0.2) is 0 Å². The summed E-state index contributed by atoms with van der Waals surface area (Å²) in [5, 5.41) is 0. The summed E-state index contributed by atoms with van der Waals surface area (Å²) >= 11 is 0. The Bertz CT molecular complexity index is 381. The largest absolute Gasteiger partial charge is 0.455 e. The Morgan fingerprint density at radius 2 is 2.09 bits per heavy atom. The average molecular weight is 329 g/mol. The summed E-state index contributed by atoms with van der Waals surface area (Å²) in [6.45, 7) is 11.9. The van der Waals surface area contributed by atoms with Crippen molar-refractivity contribution < 1.29 is 28.5 Å². The van der Waals surface area contributed by atoms with Gasteiger partial charge in [-0.2, -0.15) is 0 Å². The minimum absolute atomic E-state index is 0.157. The molecule has 0 saturated carbocycles. The zero-order chi connectivity index (χ0) is 17.4. The topological polar surface area (TPSA) is 71.1 Å². The molecule has 1 aliphatic heterocycles. The van der Waals surface area contributed by atoms with Crippen LogP contribution in [0, 0.1) is 18.8 Å². The summed E-state index contributed by atoms with van der Waals surface area (Å²) in [7, 11) is 0. The number of cyclic esters (lactones) is 1. The van der Waals surface area contributed by atoms with E-state index < -0.39 is 30.2 Å². The molecule has 0 bridgehead atoms. The van der Waals surface area contributed by atoms with E-state index in [0.29, 0.717) is 6.61 Å². The second-order valence-corrected chi connectivity index (χ2v) is 6.20. The van der Waals surface area contributed by atoms with Crippen LogP contribution < -0.4 is 0 Å². The van der Waals surface area contributed by atoms with Crippen LogP contribution in [-0.2, 0) is 28.5 Å². The van der Waals surface area contributed by atoms with Gasteiger partial charge >= 0.3 is 11.9 Å². The molecule has 1 saturated heterocycles. The highest BCUT2D eigenvalue weighted by atomic mass is 16.6. The van der Waals surface area contributed by atoms with Crippen LogP contribution in [0.25, 0.3) is 0 Å². The van der Waals surface area contributed by atoms with E-state index in [4.69, 9.17) is 18.9 Å². The van der Waals surface area contributed by atoms with Crippen molar-refractivity contribution in [2.24, 2.45) is 11.8 Å². The second-order valence-electron chi connectivity index (χ2n) is 6.20. The maximum atomic E-state index is 12.0. The highest BCUT2D eigenvalue weighted by Gasteiger charge is 2.38. The Hall–Kier alpha value is -1.27. The molecule has 0 aliphatic carbocycles. The maximum absolute atomic E-state index is 12.0. The standard InChI is InChI=1S/C17H29O6/c1-6-7-8-21-14-10-20-9-12(4)17(19)22-13(5)15(14)23-16(18)11(2)3/h11-15H,4,6-10H2,1-3,5H3/q+1/t12-,13-,14-,15-/m0/s1. The van der Waals surface area contributed by atoms with Crippen molar-refractivity contribution in [1.82, 2.24) is 0 Å². The molecule has 0 radical (unpaired) electrons. The highest BCUT2D eigenvalue weighted by molar-refractivity contribution is 5.74. The van der Waals surface area contributed by atoms with Crippen molar-refractivity contribution in [3.8, 4) is 0 Å². The van der Waals surface area contributed by atoms with E-state index in [1.165, 1.54) is 0 Å². The predicted molar refractivity (Wildman–Crippen MR) is 84.6 cm³/mol. The van der Waals surface area contributed by atoms with Crippen LogP contribution in [0.5, 0.6) is 0 Å². The number of ether oxygens (including phenoxy) is 4. The maximum Gasteiger partial charge on any atom is 0.357 e. The third kappa shape index (κ3) is 6.39. The normalized spacial score (nSPS) is 29.3. The van der Waals surface area contributed by atoms with Gasteiger partial charge in [-0.1, -0.05) is 27.2 Å². The fraction of sp³-hybridized carbons (Fsp3) is 0.824. The van der Waals surface area contributed by atoms with Crippen LogP contribution >= 0.6 is 0 Å². The van der Waals surface area contributed by atoms with E-state index in [1.807, 2.05) is 0 Å². The summed E-state index contributed by atoms with van der Waals surface area (Å²) in [4.78, 5) is 23.9. The number of rotatable bonds is 6. The van der Waals surface area contributed by atoms with Gasteiger partial charge in [0.25, 0.3) is 0 Å². The number of hydrogen-bond donors (Lipinski definition) is 0. The molecule has 0 N–H and O–H groups in total. The molecule has 0 amide bonds.